The molecule has 1 rings (SSSR count). The Balaban J connectivity index is 2.93. The van der Waals surface area contributed by atoms with Crippen molar-refractivity contribution < 1.29 is 4.79 Å². The Bertz CT molecular complexity index is 477. The SMILES string of the molecule is Cc1cc(=O)n(CC(=O)N(C)C(C)C)cc1N. The molecule has 0 unspecified atom stereocenters. The second kappa shape index (κ2) is 5.03. The fourth-order valence-electron chi connectivity index (χ4n) is 1.35. The maximum absolute atomic E-state index is 11.8. The van der Waals surface area contributed by atoms with Crippen molar-refractivity contribution in [3.8, 4) is 0 Å². The first-order valence-electron chi connectivity index (χ1n) is 5.55. The van der Waals surface area contributed by atoms with E-state index in [0.717, 1.165) is 5.56 Å². The molecule has 2 N–H and O–H groups in total. The number of amides is 1. The molecule has 0 bridgehead atoms. The second-order valence-corrected chi connectivity index (χ2v) is 4.48. The molecule has 0 fully saturated rings. The lowest BCUT2D eigenvalue weighted by molar-refractivity contribution is -0.132. The van der Waals surface area contributed by atoms with Gasteiger partial charge in [0, 0.05) is 25.4 Å². The highest BCUT2D eigenvalue weighted by molar-refractivity contribution is 5.76. The Morgan fingerprint density at radius 1 is 1.53 bits per heavy atom. The van der Waals surface area contributed by atoms with E-state index in [4.69, 9.17) is 5.73 Å². The standard InChI is InChI=1S/C12H19N3O2/c1-8(2)14(4)12(17)7-15-6-10(13)9(3)5-11(15)16/h5-6,8H,7,13H2,1-4H3. The Morgan fingerprint density at radius 2 is 2.12 bits per heavy atom. The maximum Gasteiger partial charge on any atom is 0.251 e. The summed E-state index contributed by atoms with van der Waals surface area (Å²) >= 11 is 0. The number of nitrogens with zero attached hydrogens (tertiary/aromatic N) is 2. The van der Waals surface area contributed by atoms with Crippen LogP contribution >= 0.6 is 0 Å². The van der Waals surface area contributed by atoms with E-state index < -0.39 is 0 Å². The third-order valence-corrected chi connectivity index (χ3v) is 2.85. The normalized spacial score (nSPS) is 10.6. The number of pyridine rings is 1. The van der Waals surface area contributed by atoms with Crippen molar-refractivity contribution in [3.63, 3.8) is 0 Å². The number of aromatic nitrogens is 1. The molecule has 0 aliphatic carbocycles. The summed E-state index contributed by atoms with van der Waals surface area (Å²) in [6.45, 7) is 5.63. The minimum Gasteiger partial charge on any atom is -0.397 e. The van der Waals surface area contributed by atoms with Gasteiger partial charge >= 0.3 is 0 Å². The van der Waals surface area contributed by atoms with Gasteiger partial charge in [0.05, 0.1) is 5.69 Å². The number of nitrogens with two attached hydrogens (primary N) is 1. The molecule has 1 heterocycles. The number of carbonyl (C=O) groups excluding carboxylic acids is 1. The molecule has 0 saturated heterocycles. The van der Waals surface area contributed by atoms with Crippen LogP contribution in [-0.2, 0) is 11.3 Å². The highest BCUT2D eigenvalue weighted by Gasteiger charge is 2.13. The van der Waals surface area contributed by atoms with Crippen molar-refractivity contribution in [1.82, 2.24) is 9.47 Å². The molecule has 1 amide bonds. The van der Waals surface area contributed by atoms with E-state index >= 15 is 0 Å². The van der Waals surface area contributed by atoms with Crippen molar-refractivity contribution in [2.24, 2.45) is 0 Å². The van der Waals surface area contributed by atoms with Crippen LogP contribution in [0.3, 0.4) is 0 Å². The second-order valence-electron chi connectivity index (χ2n) is 4.48. The zero-order valence-electron chi connectivity index (χ0n) is 10.7. The average Bonchev–Trinajstić information content (AvgIpc) is 2.24. The highest BCUT2D eigenvalue weighted by Crippen LogP contribution is 2.06. The van der Waals surface area contributed by atoms with Crippen molar-refractivity contribution in [2.75, 3.05) is 12.8 Å². The fraction of sp³-hybridized carbons (Fsp3) is 0.500. The number of aryl methyl sites for hydroxylation is 1. The first-order valence-corrected chi connectivity index (χ1v) is 5.55. The molecule has 0 radical (unpaired) electrons. The first-order chi connectivity index (χ1) is 7.82. The maximum atomic E-state index is 11.8. The number of hydrogen-bond acceptors (Lipinski definition) is 3. The Kier molecular flexibility index (Phi) is 3.93. The van der Waals surface area contributed by atoms with Gasteiger partial charge in [0.1, 0.15) is 6.54 Å². The van der Waals surface area contributed by atoms with Gasteiger partial charge in [-0.3, -0.25) is 9.59 Å². The molecule has 0 spiro atoms. The summed E-state index contributed by atoms with van der Waals surface area (Å²) in [5.41, 5.74) is 6.76. The van der Waals surface area contributed by atoms with E-state index in [1.165, 1.54) is 16.8 Å². The molecule has 1 aromatic rings. The van der Waals surface area contributed by atoms with E-state index in [0.29, 0.717) is 5.69 Å². The summed E-state index contributed by atoms with van der Waals surface area (Å²) in [7, 11) is 1.72. The van der Waals surface area contributed by atoms with Crippen molar-refractivity contribution in [3.05, 3.63) is 28.2 Å². The highest BCUT2D eigenvalue weighted by atomic mass is 16.2. The van der Waals surface area contributed by atoms with Gasteiger partial charge in [-0.1, -0.05) is 0 Å². The summed E-state index contributed by atoms with van der Waals surface area (Å²) in [5.74, 6) is -0.106. The van der Waals surface area contributed by atoms with Crippen LogP contribution in [0.5, 0.6) is 0 Å². The molecule has 0 atom stereocenters. The summed E-state index contributed by atoms with van der Waals surface area (Å²) in [5, 5.41) is 0. The number of hydrogen-bond donors (Lipinski definition) is 1. The summed E-state index contributed by atoms with van der Waals surface area (Å²) in [6, 6.07) is 1.55. The lowest BCUT2D eigenvalue weighted by atomic mass is 10.2. The van der Waals surface area contributed by atoms with Gasteiger partial charge in [0.2, 0.25) is 5.91 Å². The molecule has 0 aliphatic rings. The number of anilines is 1. The van der Waals surface area contributed by atoms with Crippen LogP contribution < -0.4 is 11.3 Å². The van der Waals surface area contributed by atoms with E-state index in [1.807, 2.05) is 13.8 Å². The molecule has 0 aromatic carbocycles. The zero-order chi connectivity index (χ0) is 13.2. The van der Waals surface area contributed by atoms with E-state index in [2.05, 4.69) is 0 Å². The van der Waals surface area contributed by atoms with Crippen molar-refractivity contribution >= 4 is 11.6 Å². The molecule has 94 valence electrons. The quantitative estimate of drug-likeness (QED) is 0.837. The summed E-state index contributed by atoms with van der Waals surface area (Å²) in [6.07, 6.45) is 1.52. The number of nitrogen functional groups attached to an aromatic ring is 1. The molecular formula is C12H19N3O2. The molecule has 5 heteroatoms. The first kappa shape index (κ1) is 13.3. The molecule has 5 nitrogen and oxygen atoms in total. The lowest BCUT2D eigenvalue weighted by Gasteiger charge is -2.22. The third kappa shape index (κ3) is 3.09. The van der Waals surface area contributed by atoms with Crippen LogP contribution in [-0.4, -0.2) is 28.5 Å². The lowest BCUT2D eigenvalue weighted by Crippen LogP contribution is -2.37. The Morgan fingerprint density at radius 3 is 2.65 bits per heavy atom. The van der Waals surface area contributed by atoms with Gasteiger partial charge in [-0.2, -0.15) is 0 Å². The van der Waals surface area contributed by atoms with Crippen molar-refractivity contribution in [2.45, 2.75) is 33.4 Å². The van der Waals surface area contributed by atoms with E-state index in [9.17, 15) is 9.59 Å². The van der Waals surface area contributed by atoms with Gasteiger partial charge < -0.3 is 15.2 Å². The van der Waals surface area contributed by atoms with Crippen LogP contribution in [0.1, 0.15) is 19.4 Å². The largest absolute Gasteiger partial charge is 0.397 e. The van der Waals surface area contributed by atoms with Gasteiger partial charge in [0.25, 0.3) is 5.56 Å². The Labute approximate surface area is 101 Å². The fourth-order valence-corrected chi connectivity index (χ4v) is 1.35. The molecule has 0 aliphatic heterocycles. The van der Waals surface area contributed by atoms with Gasteiger partial charge in [-0.15, -0.1) is 0 Å². The van der Waals surface area contributed by atoms with E-state index in [-0.39, 0.29) is 24.1 Å². The zero-order valence-corrected chi connectivity index (χ0v) is 10.7. The predicted octanol–water partition coefficient (Wildman–Crippen LogP) is 0.606. The number of rotatable bonds is 3. The third-order valence-electron chi connectivity index (χ3n) is 2.85. The van der Waals surface area contributed by atoms with Gasteiger partial charge in [0.15, 0.2) is 0 Å². The van der Waals surface area contributed by atoms with Crippen LogP contribution in [0.4, 0.5) is 5.69 Å². The Hall–Kier alpha value is -1.78. The molecule has 17 heavy (non-hydrogen) atoms. The van der Waals surface area contributed by atoms with E-state index in [1.54, 1.807) is 18.9 Å². The summed E-state index contributed by atoms with van der Waals surface area (Å²) < 4.78 is 1.34. The van der Waals surface area contributed by atoms with Crippen LogP contribution in [0.15, 0.2) is 17.1 Å². The van der Waals surface area contributed by atoms with Crippen molar-refractivity contribution in [1.29, 1.82) is 0 Å². The smallest absolute Gasteiger partial charge is 0.251 e. The molecule has 1 aromatic heterocycles. The van der Waals surface area contributed by atoms with Crippen LogP contribution in [0, 0.1) is 6.92 Å². The minimum absolute atomic E-state index is 0.0258. The summed E-state index contributed by atoms with van der Waals surface area (Å²) in [4.78, 5) is 25.1. The van der Waals surface area contributed by atoms with Crippen LogP contribution in [0.2, 0.25) is 0 Å². The number of likely N-dealkylation sites (N-methyl/N-ethyl adjacent to an activating group) is 1. The molecule has 0 saturated carbocycles. The topological polar surface area (TPSA) is 68.3 Å². The van der Waals surface area contributed by atoms with Crippen LogP contribution in [0.25, 0.3) is 0 Å². The molecular weight excluding hydrogens is 218 g/mol. The monoisotopic (exact) mass is 237 g/mol. The van der Waals surface area contributed by atoms with Gasteiger partial charge in [-0.25, -0.2) is 0 Å². The minimum atomic E-state index is -0.206. The average molecular weight is 237 g/mol. The number of carbonyl (C=O) groups is 1. The predicted molar refractivity (Wildman–Crippen MR) is 67.8 cm³/mol. The van der Waals surface area contributed by atoms with Gasteiger partial charge in [-0.05, 0) is 26.3 Å².